The minimum Gasteiger partial charge on any atom is -0.449 e. The molecule has 1 rings (SSSR count). The number of carbonyl (C=O) groups is 1. The topological polar surface area (TPSA) is 44.7 Å². The quantitative estimate of drug-likeness (QED) is 0.583. The second-order valence-corrected chi connectivity index (χ2v) is 8.22. The van der Waals surface area contributed by atoms with Crippen LogP contribution in [0.5, 0.6) is 0 Å². The van der Waals surface area contributed by atoms with Crippen LogP contribution in [-0.4, -0.2) is 47.2 Å². The lowest BCUT2D eigenvalue weighted by Crippen LogP contribution is -2.34. The number of amides is 1. The second kappa shape index (κ2) is 6.57. The van der Waals surface area contributed by atoms with E-state index >= 15 is 0 Å². The average Bonchev–Trinajstić information content (AvgIpc) is 3.06. The van der Waals surface area contributed by atoms with Crippen LogP contribution in [0, 0.1) is 10.8 Å². The highest BCUT2D eigenvalue weighted by atomic mass is 16.6. The summed E-state index contributed by atoms with van der Waals surface area (Å²) in [6.07, 6.45) is 1.49. The number of hydrazine groups is 1. The third-order valence-electron chi connectivity index (χ3n) is 4.52. The van der Waals surface area contributed by atoms with E-state index in [1.54, 1.807) is 5.01 Å². The largest absolute Gasteiger partial charge is 0.449 e. The normalized spacial score (nSPS) is 25.2. The molecule has 1 aliphatic rings. The molecular weight excluding hydrogens is 278 g/mol. The SMILES string of the molecule is CCOC(=O)N1C(C=N[C@H](C)C(C)(C)C)N1[C@H](C)C(C)(C)C. The van der Waals surface area contributed by atoms with Crippen LogP contribution in [0.2, 0.25) is 0 Å². The van der Waals surface area contributed by atoms with Gasteiger partial charge in [0.25, 0.3) is 0 Å². The van der Waals surface area contributed by atoms with Gasteiger partial charge in [0, 0.05) is 12.3 Å². The van der Waals surface area contributed by atoms with Crippen LogP contribution < -0.4 is 0 Å². The molecule has 5 heteroatoms. The molecule has 0 aromatic rings. The van der Waals surface area contributed by atoms with Crippen LogP contribution in [-0.2, 0) is 4.74 Å². The zero-order valence-corrected chi connectivity index (χ0v) is 15.7. The van der Waals surface area contributed by atoms with E-state index in [4.69, 9.17) is 4.74 Å². The molecule has 2 unspecified atom stereocenters. The molecule has 0 aliphatic carbocycles. The van der Waals surface area contributed by atoms with Crippen molar-refractivity contribution in [3.63, 3.8) is 0 Å². The predicted octanol–water partition coefficient (Wildman–Crippen LogP) is 3.94. The first-order chi connectivity index (χ1) is 9.91. The van der Waals surface area contributed by atoms with Gasteiger partial charge in [-0.25, -0.2) is 9.80 Å². The molecule has 0 bridgehead atoms. The summed E-state index contributed by atoms with van der Waals surface area (Å²) in [5.74, 6) is 0. The van der Waals surface area contributed by atoms with Crippen molar-refractivity contribution in [2.24, 2.45) is 15.8 Å². The summed E-state index contributed by atoms with van der Waals surface area (Å²) in [5.41, 5.74) is 0.184. The first-order valence-electron chi connectivity index (χ1n) is 8.18. The van der Waals surface area contributed by atoms with Crippen LogP contribution in [0.4, 0.5) is 4.79 Å². The van der Waals surface area contributed by atoms with Crippen LogP contribution in [0.1, 0.15) is 62.3 Å². The Morgan fingerprint density at radius 1 is 1.18 bits per heavy atom. The van der Waals surface area contributed by atoms with E-state index in [1.165, 1.54) is 0 Å². The second-order valence-electron chi connectivity index (χ2n) is 8.22. The molecule has 1 saturated heterocycles. The Morgan fingerprint density at radius 3 is 2.14 bits per heavy atom. The van der Waals surface area contributed by atoms with E-state index in [9.17, 15) is 4.79 Å². The van der Waals surface area contributed by atoms with Gasteiger partial charge < -0.3 is 4.74 Å². The fraction of sp³-hybridized carbons (Fsp3) is 0.882. The van der Waals surface area contributed by atoms with Crippen molar-refractivity contribution >= 4 is 12.3 Å². The van der Waals surface area contributed by atoms with Gasteiger partial charge in [-0.3, -0.25) is 4.99 Å². The Kier molecular flexibility index (Phi) is 5.66. The van der Waals surface area contributed by atoms with E-state index in [1.807, 2.05) is 13.1 Å². The molecule has 1 heterocycles. The lowest BCUT2D eigenvalue weighted by molar-refractivity contribution is 0.0955. The Bertz CT molecular complexity index is 421. The van der Waals surface area contributed by atoms with Crippen LogP contribution in [0.3, 0.4) is 0 Å². The standard InChI is InChI=1S/C17H33N3O2/c1-10-22-15(21)20-14(11-18-12(2)16(4,5)6)19(20)13(3)17(7,8)9/h11-14H,10H2,1-9H3/t12-,13-,14?,19?,20?/m1/s1. The fourth-order valence-electron chi connectivity index (χ4n) is 1.96. The predicted molar refractivity (Wildman–Crippen MR) is 90.8 cm³/mol. The molecule has 1 aliphatic heterocycles. The Balaban J connectivity index is 2.86. The van der Waals surface area contributed by atoms with E-state index in [0.717, 1.165) is 0 Å². The molecule has 128 valence electrons. The lowest BCUT2D eigenvalue weighted by Gasteiger charge is -2.28. The number of rotatable bonds is 4. The van der Waals surface area contributed by atoms with Crippen molar-refractivity contribution in [2.45, 2.75) is 80.6 Å². The van der Waals surface area contributed by atoms with Gasteiger partial charge in [-0.2, -0.15) is 5.01 Å². The van der Waals surface area contributed by atoms with Gasteiger partial charge in [0.2, 0.25) is 0 Å². The first kappa shape index (κ1) is 18.9. The first-order valence-corrected chi connectivity index (χ1v) is 8.18. The van der Waals surface area contributed by atoms with Crippen molar-refractivity contribution < 1.29 is 9.53 Å². The zero-order chi connectivity index (χ0) is 17.3. The molecule has 22 heavy (non-hydrogen) atoms. The van der Waals surface area contributed by atoms with Gasteiger partial charge in [-0.15, -0.1) is 0 Å². The molecule has 0 spiro atoms. The van der Waals surface area contributed by atoms with Crippen molar-refractivity contribution in [3.8, 4) is 0 Å². The fourth-order valence-corrected chi connectivity index (χ4v) is 1.96. The highest BCUT2D eigenvalue weighted by Gasteiger charge is 2.54. The van der Waals surface area contributed by atoms with Crippen molar-refractivity contribution in [1.82, 2.24) is 10.0 Å². The smallest absolute Gasteiger partial charge is 0.426 e. The van der Waals surface area contributed by atoms with Gasteiger partial charge in [0.1, 0.15) is 0 Å². The molecule has 1 fully saturated rings. The minimum atomic E-state index is -0.293. The number of hydrogen-bond donors (Lipinski definition) is 0. The minimum absolute atomic E-state index is 0.0724. The summed E-state index contributed by atoms with van der Waals surface area (Å²) in [4.78, 5) is 16.7. The third-order valence-corrected chi connectivity index (χ3v) is 4.52. The summed E-state index contributed by atoms with van der Waals surface area (Å²) >= 11 is 0. The monoisotopic (exact) mass is 311 g/mol. The summed E-state index contributed by atoms with van der Waals surface area (Å²) < 4.78 is 5.15. The molecule has 0 aromatic heterocycles. The maximum atomic E-state index is 12.1. The van der Waals surface area contributed by atoms with E-state index < -0.39 is 0 Å². The molecule has 0 radical (unpaired) electrons. The molecular formula is C17H33N3O2. The average molecular weight is 311 g/mol. The highest BCUT2D eigenvalue weighted by Crippen LogP contribution is 2.37. The molecule has 0 N–H and O–H groups in total. The van der Waals surface area contributed by atoms with Crippen molar-refractivity contribution in [1.29, 1.82) is 0 Å². The van der Waals surface area contributed by atoms with Gasteiger partial charge >= 0.3 is 6.09 Å². The van der Waals surface area contributed by atoms with Gasteiger partial charge in [-0.05, 0) is 31.6 Å². The van der Waals surface area contributed by atoms with E-state index in [0.29, 0.717) is 6.61 Å². The Labute approximate surface area is 135 Å². The van der Waals surface area contributed by atoms with Crippen LogP contribution in [0.25, 0.3) is 0 Å². The number of ether oxygens (including phenoxy) is 1. The summed E-state index contributed by atoms with van der Waals surface area (Å²) in [7, 11) is 0. The summed E-state index contributed by atoms with van der Waals surface area (Å²) in [5, 5.41) is 3.72. The van der Waals surface area contributed by atoms with E-state index in [2.05, 4.69) is 65.4 Å². The number of carbonyl (C=O) groups excluding carboxylic acids is 1. The van der Waals surface area contributed by atoms with Gasteiger partial charge in [-0.1, -0.05) is 41.5 Å². The molecule has 0 saturated carbocycles. The lowest BCUT2D eigenvalue weighted by atomic mass is 9.88. The van der Waals surface area contributed by atoms with Crippen LogP contribution in [0.15, 0.2) is 4.99 Å². The maximum Gasteiger partial charge on any atom is 0.426 e. The maximum absolute atomic E-state index is 12.1. The number of nitrogens with zero attached hydrogens (tertiary/aromatic N) is 3. The Hall–Kier alpha value is -1.10. The van der Waals surface area contributed by atoms with Gasteiger partial charge in [0.15, 0.2) is 6.17 Å². The van der Waals surface area contributed by atoms with Gasteiger partial charge in [0.05, 0.1) is 12.6 Å². The van der Waals surface area contributed by atoms with Crippen molar-refractivity contribution in [2.75, 3.05) is 6.61 Å². The third kappa shape index (κ3) is 4.45. The molecule has 1 amide bonds. The molecule has 4 atom stereocenters. The van der Waals surface area contributed by atoms with Crippen LogP contribution >= 0.6 is 0 Å². The Morgan fingerprint density at radius 2 is 1.73 bits per heavy atom. The van der Waals surface area contributed by atoms with Crippen molar-refractivity contribution in [3.05, 3.63) is 0 Å². The summed E-state index contributed by atoms with van der Waals surface area (Å²) in [6.45, 7) is 19.5. The number of aliphatic imine (C=N–C) groups is 1. The zero-order valence-electron chi connectivity index (χ0n) is 15.7. The summed E-state index contributed by atoms with van der Waals surface area (Å²) in [6, 6.07) is 0.419. The number of hydrogen-bond acceptors (Lipinski definition) is 4. The molecule has 5 nitrogen and oxygen atoms in total. The van der Waals surface area contributed by atoms with E-state index in [-0.39, 0.29) is 35.2 Å². The molecule has 0 aromatic carbocycles. The highest BCUT2D eigenvalue weighted by molar-refractivity contribution is 5.79.